The van der Waals surface area contributed by atoms with Gasteiger partial charge in [0.25, 0.3) is 0 Å². The van der Waals surface area contributed by atoms with Crippen molar-refractivity contribution in [3.8, 4) is 0 Å². The van der Waals surface area contributed by atoms with Gasteiger partial charge in [-0.05, 0) is 97.2 Å². The standard InChI is InChI=1S/C31H52O6S/c1-26(2)17-21-20-9-10-23-28(4)13-12-24(32)29(5,19-37-38(33,34)35)22(28)11-14-31(23,7)30(20,6)16-15-27(21,3)25(18-26)36-8/h9,21-25,32H,10-19H2,1-8H3,(H,33,34,35)/t21?,22?,23?,24-,25+,27+,28-,29+,30+,31+/m0/s1. The van der Waals surface area contributed by atoms with Gasteiger partial charge in [0.15, 0.2) is 0 Å². The highest BCUT2D eigenvalue weighted by Gasteiger charge is 2.69. The number of methoxy groups -OCH3 is 1. The Bertz CT molecular complexity index is 1100. The van der Waals surface area contributed by atoms with E-state index in [2.05, 4.69) is 47.6 Å². The molecule has 0 saturated heterocycles. The largest absolute Gasteiger partial charge is 0.397 e. The molecule has 218 valence electrons. The minimum atomic E-state index is -4.57. The van der Waals surface area contributed by atoms with Crippen molar-refractivity contribution in [3.05, 3.63) is 11.6 Å². The molecule has 5 rings (SSSR count). The van der Waals surface area contributed by atoms with E-state index in [0.29, 0.717) is 18.3 Å². The number of hydrogen-bond donors (Lipinski definition) is 2. The lowest BCUT2D eigenvalue weighted by Crippen LogP contribution is -2.66. The fourth-order valence-electron chi connectivity index (χ4n) is 11.2. The smallest absolute Gasteiger partial charge is 0.392 e. The maximum atomic E-state index is 11.5. The van der Waals surface area contributed by atoms with Crippen molar-refractivity contribution in [1.29, 1.82) is 0 Å². The monoisotopic (exact) mass is 552 g/mol. The van der Waals surface area contributed by atoms with Gasteiger partial charge in [0, 0.05) is 17.9 Å². The normalized spacial score (nSPS) is 52.2. The summed E-state index contributed by atoms with van der Waals surface area (Å²) < 4.78 is 43.5. The first-order valence-corrected chi connectivity index (χ1v) is 16.3. The Morgan fingerprint density at radius 2 is 1.61 bits per heavy atom. The number of allylic oxidation sites excluding steroid dienone is 2. The van der Waals surface area contributed by atoms with Crippen molar-refractivity contribution in [2.75, 3.05) is 13.7 Å². The average Bonchev–Trinajstić information content (AvgIpc) is 2.81. The van der Waals surface area contributed by atoms with Crippen LogP contribution >= 0.6 is 0 Å². The molecule has 0 heterocycles. The van der Waals surface area contributed by atoms with Crippen molar-refractivity contribution in [1.82, 2.24) is 0 Å². The molecule has 5 aliphatic rings. The Hall–Kier alpha value is -0.470. The summed E-state index contributed by atoms with van der Waals surface area (Å²) in [6.45, 7) is 16.6. The molecule has 6 nitrogen and oxygen atoms in total. The summed E-state index contributed by atoms with van der Waals surface area (Å²) in [5.41, 5.74) is 1.56. The SMILES string of the molecule is CO[C@@H]1CC(C)(C)CC2C3=CCC4[C@@]5(C)CC[C@H](O)[C@](C)(COS(=O)(=O)O)C5CC[C@@]4(C)[C@]3(C)CC[C@]21C. The molecule has 3 unspecified atom stereocenters. The zero-order valence-corrected chi connectivity index (χ0v) is 25.8. The summed E-state index contributed by atoms with van der Waals surface area (Å²) in [5.74, 6) is 1.09. The van der Waals surface area contributed by atoms with Crippen molar-refractivity contribution in [2.24, 2.45) is 50.2 Å². The van der Waals surface area contributed by atoms with E-state index < -0.39 is 21.9 Å². The topological polar surface area (TPSA) is 93.1 Å². The number of fused-ring (bicyclic) bond motifs is 7. The van der Waals surface area contributed by atoms with Crippen LogP contribution in [0.15, 0.2) is 11.6 Å². The first kappa shape index (κ1) is 29.0. The number of ether oxygens (including phenoxy) is 1. The molecule has 5 aliphatic carbocycles. The summed E-state index contributed by atoms with van der Waals surface area (Å²) in [6.07, 6.45) is 11.5. The number of rotatable bonds is 4. The minimum Gasteiger partial charge on any atom is -0.392 e. The van der Waals surface area contributed by atoms with Gasteiger partial charge >= 0.3 is 10.4 Å². The van der Waals surface area contributed by atoms with E-state index >= 15 is 0 Å². The molecule has 7 heteroatoms. The number of aliphatic hydroxyl groups is 1. The lowest BCUT2D eigenvalue weighted by Gasteiger charge is -2.71. The van der Waals surface area contributed by atoms with Crippen molar-refractivity contribution in [3.63, 3.8) is 0 Å². The third-order valence-corrected chi connectivity index (χ3v) is 14.1. The van der Waals surface area contributed by atoms with Crippen LogP contribution in [0.1, 0.15) is 106 Å². The van der Waals surface area contributed by atoms with E-state index in [1.165, 1.54) is 19.3 Å². The molecule has 0 aliphatic heterocycles. The maximum Gasteiger partial charge on any atom is 0.397 e. The Kier molecular flexibility index (Phi) is 6.70. The Morgan fingerprint density at radius 1 is 0.921 bits per heavy atom. The van der Waals surface area contributed by atoms with Crippen molar-refractivity contribution < 1.29 is 27.0 Å². The highest BCUT2D eigenvalue weighted by molar-refractivity contribution is 7.80. The zero-order valence-electron chi connectivity index (χ0n) is 25.0. The first-order valence-electron chi connectivity index (χ1n) is 14.9. The second kappa shape index (κ2) is 8.77. The van der Waals surface area contributed by atoms with Crippen LogP contribution in [0.5, 0.6) is 0 Å². The second-order valence-electron chi connectivity index (χ2n) is 15.9. The average molecular weight is 553 g/mol. The van der Waals surface area contributed by atoms with Gasteiger partial charge in [0.2, 0.25) is 0 Å². The summed E-state index contributed by atoms with van der Waals surface area (Å²) in [5, 5.41) is 11.2. The minimum absolute atomic E-state index is 0.0454. The summed E-state index contributed by atoms with van der Waals surface area (Å²) in [6, 6.07) is 0. The van der Waals surface area contributed by atoms with Crippen molar-refractivity contribution >= 4 is 10.4 Å². The van der Waals surface area contributed by atoms with Gasteiger partial charge in [-0.2, -0.15) is 8.42 Å². The van der Waals surface area contributed by atoms with Crippen LogP contribution in [0.2, 0.25) is 0 Å². The number of aliphatic hydroxyl groups excluding tert-OH is 1. The Morgan fingerprint density at radius 3 is 2.24 bits per heavy atom. The molecule has 38 heavy (non-hydrogen) atoms. The lowest BCUT2D eigenvalue weighted by molar-refractivity contribution is -0.217. The van der Waals surface area contributed by atoms with Crippen LogP contribution in [-0.2, 0) is 19.3 Å². The molecule has 0 radical (unpaired) electrons. The third-order valence-electron chi connectivity index (χ3n) is 13.7. The van der Waals surface area contributed by atoms with E-state index in [9.17, 15) is 18.1 Å². The highest BCUT2D eigenvalue weighted by Crippen LogP contribution is 2.75. The third kappa shape index (κ3) is 3.95. The van der Waals surface area contributed by atoms with Gasteiger partial charge in [-0.3, -0.25) is 4.55 Å². The van der Waals surface area contributed by atoms with Crippen LogP contribution in [0.25, 0.3) is 0 Å². The van der Waals surface area contributed by atoms with Gasteiger partial charge in [0.05, 0.1) is 18.8 Å². The van der Waals surface area contributed by atoms with E-state index in [0.717, 1.165) is 32.1 Å². The second-order valence-corrected chi connectivity index (χ2v) is 17.0. The van der Waals surface area contributed by atoms with E-state index in [1.54, 1.807) is 5.57 Å². The quantitative estimate of drug-likeness (QED) is 0.302. The fourth-order valence-corrected chi connectivity index (χ4v) is 11.6. The van der Waals surface area contributed by atoms with Crippen LogP contribution in [0.4, 0.5) is 0 Å². The van der Waals surface area contributed by atoms with E-state index in [4.69, 9.17) is 8.92 Å². The molecule has 0 aromatic rings. The fraction of sp³-hybridized carbons (Fsp3) is 0.935. The van der Waals surface area contributed by atoms with Crippen LogP contribution in [0.3, 0.4) is 0 Å². The van der Waals surface area contributed by atoms with Crippen molar-refractivity contribution in [2.45, 2.75) is 118 Å². The Labute approximate surface area is 231 Å². The molecule has 0 bridgehead atoms. The van der Waals surface area contributed by atoms with E-state index in [1.807, 2.05) is 14.0 Å². The van der Waals surface area contributed by atoms with Gasteiger partial charge in [-0.15, -0.1) is 0 Å². The summed E-state index contributed by atoms with van der Waals surface area (Å²) in [4.78, 5) is 0. The molecule has 4 fully saturated rings. The van der Waals surface area contributed by atoms with Gasteiger partial charge < -0.3 is 9.84 Å². The zero-order chi connectivity index (χ0) is 28.2. The predicted octanol–water partition coefficient (Wildman–Crippen LogP) is 6.59. The summed E-state index contributed by atoms with van der Waals surface area (Å²) >= 11 is 0. The lowest BCUT2D eigenvalue weighted by atomic mass is 9.33. The van der Waals surface area contributed by atoms with Gasteiger partial charge in [0.1, 0.15) is 0 Å². The van der Waals surface area contributed by atoms with E-state index in [-0.39, 0.29) is 45.7 Å². The van der Waals surface area contributed by atoms with Crippen LogP contribution in [-0.4, -0.2) is 44.0 Å². The van der Waals surface area contributed by atoms with Crippen LogP contribution in [0, 0.1) is 50.2 Å². The molecule has 0 amide bonds. The molecule has 0 aromatic heterocycles. The number of hydrogen-bond acceptors (Lipinski definition) is 5. The van der Waals surface area contributed by atoms with Crippen LogP contribution < -0.4 is 0 Å². The molecule has 0 spiro atoms. The molecule has 10 atom stereocenters. The molecular weight excluding hydrogens is 500 g/mol. The predicted molar refractivity (Wildman–Crippen MR) is 149 cm³/mol. The molecule has 0 aromatic carbocycles. The summed E-state index contributed by atoms with van der Waals surface area (Å²) in [7, 11) is -2.67. The molecule has 2 N–H and O–H groups in total. The molecular formula is C31H52O6S. The first-order chi connectivity index (χ1) is 17.4. The molecule has 4 saturated carbocycles. The highest BCUT2D eigenvalue weighted by atomic mass is 32.3. The maximum absolute atomic E-state index is 11.5. The van der Waals surface area contributed by atoms with Gasteiger partial charge in [-0.1, -0.05) is 60.1 Å². The van der Waals surface area contributed by atoms with Gasteiger partial charge in [-0.25, -0.2) is 4.18 Å². The Balaban J connectivity index is 1.54.